The quantitative estimate of drug-likeness (QED) is 0.476. The number of hydrogen-bond donors (Lipinski definition) is 0. The van der Waals surface area contributed by atoms with Crippen LogP contribution < -0.4 is 0 Å². The van der Waals surface area contributed by atoms with Gasteiger partial charge in [0.1, 0.15) is 0 Å². The summed E-state index contributed by atoms with van der Waals surface area (Å²) in [6.45, 7) is 4.59. The van der Waals surface area contributed by atoms with Crippen LogP contribution in [0.15, 0.2) is 23.3 Å². The van der Waals surface area contributed by atoms with Crippen LogP contribution in [-0.2, 0) is 0 Å². The fourth-order valence-corrected chi connectivity index (χ4v) is 2.67. The Bertz CT molecular complexity index is 232. The van der Waals surface area contributed by atoms with Crippen LogP contribution in [0.25, 0.3) is 0 Å². The van der Waals surface area contributed by atoms with Gasteiger partial charge in [-0.15, -0.1) is 0 Å². The maximum Gasteiger partial charge on any atom is -0.0140 e. The third-order valence-electron chi connectivity index (χ3n) is 3.42. The van der Waals surface area contributed by atoms with Crippen molar-refractivity contribution in [2.75, 3.05) is 0 Å². The summed E-state index contributed by atoms with van der Waals surface area (Å²) in [6.07, 6.45) is 10.4. The second kappa shape index (κ2) is 3.08. The monoisotopic (exact) mass is 162 g/mol. The minimum Gasteiger partial charge on any atom is -0.0853 e. The Balaban J connectivity index is 2.21. The molecule has 2 atom stereocenters. The number of hydrogen-bond acceptors (Lipinski definition) is 0. The van der Waals surface area contributed by atoms with Crippen LogP contribution in [-0.4, -0.2) is 0 Å². The lowest BCUT2D eigenvalue weighted by Gasteiger charge is -2.33. The van der Waals surface area contributed by atoms with E-state index in [0.29, 0.717) is 0 Å². The lowest BCUT2D eigenvalue weighted by Crippen LogP contribution is -2.21. The molecule has 66 valence electrons. The highest BCUT2D eigenvalue weighted by Crippen LogP contribution is 2.39. The Morgan fingerprint density at radius 3 is 2.92 bits per heavy atom. The lowest BCUT2D eigenvalue weighted by molar-refractivity contribution is 0.363. The summed E-state index contributed by atoms with van der Waals surface area (Å²) in [5.74, 6) is 1.77. The van der Waals surface area contributed by atoms with Crippen molar-refractivity contribution in [1.82, 2.24) is 0 Å². The molecular weight excluding hydrogens is 144 g/mol. The topological polar surface area (TPSA) is 0 Å². The molecule has 2 aliphatic carbocycles. The summed E-state index contributed by atoms with van der Waals surface area (Å²) in [5, 5.41) is 0. The lowest BCUT2D eigenvalue weighted by atomic mass is 9.72. The number of rotatable bonds is 0. The standard InChI is InChI=1S/C12H18/c1-9-6-7-12-10(2)4-3-5-11(12)8-9/h4,8,11-12H,3,5-7H2,1-2H3/t11-,12-/m0/s1. The zero-order chi connectivity index (χ0) is 8.55. The zero-order valence-corrected chi connectivity index (χ0v) is 8.14. The van der Waals surface area contributed by atoms with Crippen LogP contribution in [0.1, 0.15) is 39.5 Å². The van der Waals surface area contributed by atoms with Crippen molar-refractivity contribution in [1.29, 1.82) is 0 Å². The van der Waals surface area contributed by atoms with Crippen molar-refractivity contribution in [3.63, 3.8) is 0 Å². The predicted octanol–water partition coefficient (Wildman–Crippen LogP) is 3.70. The SMILES string of the molecule is CC1=C[C@@H]2CCC=C(C)[C@@H]2CC1. The molecule has 0 saturated carbocycles. The van der Waals surface area contributed by atoms with Crippen LogP contribution in [0, 0.1) is 11.8 Å². The maximum absolute atomic E-state index is 2.52. The van der Waals surface area contributed by atoms with E-state index in [9.17, 15) is 0 Å². The molecule has 12 heavy (non-hydrogen) atoms. The first-order valence-corrected chi connectivity index (χ1v) is 5.11. The summed E-state index contributed by atoms with van der Waals surface area (Å²) < 4.78 is 0. The molecule has 0 bridgehead atoms. The van der Waals surface area contributed by atoms with Crippen molar-refractivity contribution >= 4 is 0 Å². The second-order valence-electron chi connectivity index (χ2n) is 4.35. The average molecular weight is 162 g/mol. The fraction of sp³-hybridized carbons (Fsp3) is 0.667. The molecule has 0 aromatic heterocycles. The molecule has 0 nitrogen and oxygen atoms in total. The summed E-state index contributed by atoms with van der Waals surface area (Å²) in [4.78, 5) is 0. The molecule has 0 amide bonds. The molecule has 0 aliphatic heterocycles. The Hall–Kier alpha value is -0.520. The second-order valence-corrected chi connectivity index (χ2v) is 4.35. The highest BCUT2D eigenvalue weighted by atomic mass is 14.3. The largest absolute Gasteiger partial charge is 0.0853 e. The van der Waals surface area contributed by atoms with E-state index in [1.54, 1.807) is 11.1 Å². The van der Waals surface area contributed by atoms with Gasteiger partial charge in [-0.3, -0.25) is 0 Å². The van der Waals surface area contributed by atoms with E-state index in [4.69, 9.17) is 0 Å². The Labute approximate surface area is 75.4 Å². The van der Waals surface area contributed by atoms with E-state index in [0.717, 1.165) is 11.8 Å². The summed E-state index contributed by atoms with van der Waals surface area (Å²) in [5.41, 5.74) is 3.26. The van der Waals surface area contributed by atoms with E-state index >= 15 is 0 Å². The first-order valence-electron chi connectivity index (χ1n) is 5.11. The van der Waals surface area contributed by atoms with Crippen LogP contribution in [0.3, 0.4) is 0 Å². The molecule has 0 fully saturated rings. The molecule has 0 unspecified atom stereocenters. The van der Waals surface area contributed by atoms with E-state index in [1.807, 2.05) is 0 Å². The fourth-order valence-electron chi connectivity index (χ4n) is 2.67. The van der Waals surface area contributed by atoms with E-state index in [1.165, 1.54) is 25.7 Å². The van der Waals surface area contributed by atoms with Crippen molar-refractivity contribution in [2.24, 2.45) is 11.8 Å². The molecule has 0 spiro atoms. The van der Waals surface area contributed by atoms with Crippen molar-refractivity contribution in [3.8, 4) is 0 Å². The van der Waals surface area contributed by atoms with Gasteiger partial charge in [0, 0.05) is 0 Å². The first kappa shape index (κ1) is 8.10. The third-order valence-corrected chi connectivity index (χ3v) is 3.42. The molecule has 0 saturated heterocycles. The van der Waals surface area contributed by atoms with Gasteiger partial charge < -0.3 is 0 Å². The molecular formula is C12H18. The Morgan fingerprint density at radius 2 is 2.08 bits per heavy atom. The van der Waals surface area contributed by atoms with Gasteiger partial charge in [0.05, 0.1) is 0 Å². The maximum atomic E-state index is 2.52. The van der Waals surface area contributed by atoms with Gasteiger partial charge in [-0.25, -0.2) is 0 Å². The van der Waals surface area contributed by atoms with Gasteiger partial charge in [0.2, 0.25) is 0 Å². The molecule has 0 aromatic rings. The zero-order valence-electron chi connectivity index (χ0n) is 8.14. The summed E-state index contributed by atoms with van der Waals surface area (Å²) >= 11 is 0. The van der Waals surface area contributed by atoms with Gasteiger partial charge in [-0.1, -0.05) is 23.3 Å². The Kier molecular flexibility index (Phi) is 2.08. The van der Waals surface area contributed by atoms with Crippen LogP contribution in [0.2, 0.25) is 0 Å². The molecule has 2 aliphatic rings. The van der Waals surface area contributed by atoms with Gasteiger partial charge in [0.15, 0.2) is 0 Å². The highest BCUT2D eigenvalue weighted by molar-refractivity contribution is 5.18. The Morgan fingerprint density at radius 1 is 1.25 bits per heavy atom. The van der Waals surface area contributed by atoms with Crippen LogP contribution >= 0.6 is 0 Å². The van der Waals surface area contributed by atoms with Crippen molar-refractivity contribution in [3.05, 3.63) is 23.3 Å². The summed E-state index contributed by atoms with van der Waals surface area (Å²) in [6, 6.07) is 0. The van der Waals surface area contributed by atoms with E-state index in [2.05, 4.69) is 26.0 Å². The van der Waals surface area contributed by atoms with Crippen LogP contribution in [0.5, 0.6) is 0 Å². The van der Waals surface area contributed by atoms with Gasteiger partial charge in [-0.05, 0) is 51.4 Å². The molecule has 0 radical (unpaired) electrons. The predicted molar refractivity (Wildman–Crippen MR) is 53.0 cm³/mol. The molecule has 0 heterocycles. The van der Waals surface area contributed by atoms with Crippen molar-refractivity contribution < 1.29 is 0 Å². The van der Waals surface area contributed by atoms with Crippen molar-refractivity contribution in [2.45, 2.75) is 39.5 Å². The summed E-state index contributed by atoms with van der Waals surface area (Å²) in [7, 11) is 0. The van der Waals surface area contributed by atoms with E-state index < -0.39 is 0 Å². The smallest absolute Gasteiger partial charge is 0.0140 e. The third kappa shape index (κ3) is 1.35. The molecule has 0 aromatic carbocycles. The normalized spacial score (nSPS) is 35.2. The average Bonchev–Trinajstić information content (AvgIpc) is 2.04. The molecule has 0 N–H and O–H groups in total. The first-order chi connectivity index (χ1) is 5.77. The number of fused-ring (bicyclic) bond motifs is 1. The minimum atomic E-state index is 0.878. The highest BCUT2D eigenvalue weighted by Gasteiger charge is 2.26. The van der Waals surface area contributed by atoms with E-state index in [-0.39, 0.29) is 0 Å². The van der Waals surface area contributed by atoms with Gasteiger partial charge in [0.25, 0.3) is 0 Å². The minimum absolute atomic E-state index is 0.878. The van der Waals surface area contributed by atoms with Gasteiger partial charge in [-0.2, -0.15) is 0 Å². The number of allylic oxidation sites excluding steroid dienone is 4. The molecule has 0 heteroatoms. The van der Waals surface area contributed by atoms with Crippen LogP contribution in [0.4, 0.5) is 0 Å². The van der Waals surface area contributed by atoms with Gasteiger partial charge >= 0.3 is 0 Å². The molecule has 2 rings (SSSR count).